The molecule has 2 aromatic carbocycles. The Labute approximate surface area is 205 Å². The average Bonchev–Trinajstić information content (AvgIpc) is 3.54. The third kappa shape index (κ3) is 3.91. The predicted octanol–water partition coefficient (Wildman–Crippen LogP) is 4.10. The maximum Gasteiger partial charge on any atom is 0.341 e. The van der Waals surface area contributed by atoms with Gasteiger partial charge < -0.3 is 14.9 Å². The van der Waals surface area contributed by atoms with Gasteiger partial charge in [-0.25, -0.2) is 9.18 Å². The molecule has 11 heteroatoms. The Morgan fingerprint density at radius 1 is 1.23 bits per heavy atom. The van der Waals surface area contributed by atoms with Crippen molar-refractivity contribution in [2.45, 2.75) is 37.3 Å². The lowest BCUT2D eigenvalue weighted by Gasteiger charge is -2.40. The summed E-state index contributed by atoms with van der Waals surface area (Å²) in [5.74, 6) is -2.97. The lowest BCUT2D eigenvalue weighted by Crippen LogP contribution is -2.58. The summed E-state index contributed by atoms with van der Waals surface area (Å²) >= 11 is 6.71. The normalized spacial score (nSPS) is 22.1. The Morgan fingerprint density at radius 3 is 2.46 bits per heavy atom. The Balaban J connectivity index is 1.60. The molecule has 3 aliphatic rings. The number of non-ortho nitro benzene ring substituents is 1. The van der Waals surface area contributed by atoms with Gasteiger partial charge >= 0.3 is 5.97 Å². The van der Waals surface area contributed by atoms with Gasteiger partial charge in [0.15, 0.2) is 0 Å². The van der Waals surface area contributed by atoms with E-state index in [1.54, 1.807) is 4.90 Å². The van der Waals surface area contributed by atoms with Crippen LogP contribution in [0.5, 0.6) is 0 Å². The molecule has 2 heterocycles. The second-order valence-corrected chi connectivity index (χ2v) is 9.45. The van der Waals surface area contributed by atoms with E-state index in [2.05, 4.69) is 4.99 Å². The van der Waals surface area contributed by atoms with Crippen molar-refractivity contribution in [2.24, 2.45) is 4.99 Å². The molecule has 1 unspecified atom stereocenters. The van der Waals surface area contributed by atoms with Crippen molar-refractivity contribution in [3.8, 4) is 0 Å². The van der Waals surface area contributed by atoms with Crippen LogP contribution in [0.2, 0.25) is 5.02 Å². The molecular formula is C24H22ClFN4O5. The van der Waals surface area contributed by atoms with Gasteiger partial charge in [0.1, 0.15) is 5.82 Å². The van der Waals surface area contributed by atoms with Gasteiger partial charge in [-0.05, 0) is 49.4 Å². The minimum atomic E-state index is -2.21. The molecule has 1 N–H and O–H groups in total. The number of hydrogen-bond acceptors (Lipinski definition) is 7. The summed E-state index contributed by atoms with van der Waals surface area (Å²) in [7, 11) is 0. The highest BCUT2D eigenvalue weighted by molar-refractivity contribution is 6.38. The van der Waals surface area contributed by atoms with Crippen LogP contribution in [0.4, 0.5) is 21.5 Å². The molecule has 2 aliphatic heterocycles. The Bertz CT molecular complexity index is 1260. The number of anilines is 2. The van der Waals surface area contributed by atoms with Gasteiger partial charge in [0.2, 0.25) is 11.3 Å². The fourth-order valence-corrected chi connectivity index (χ4v) is 5.21. The number of ketones is 1. The quantitative estimate of drug-likeness (QED) is 0.275. The minimum Gasteiger partial charge on any atom is -0.479 e. The van der Waals surface area contributed by atoms with Crippen LogP contribution in [0.25, 0.3) is 0 Å². The molecule has 182 valence electrons. The molecule has 1 saturated carbocycles. The number of halogens is 2. The zero-order valence-corrected chi connectivity index (χ0v) is 19.4. The third-order valence-corrected chi connectivity index (χ3v) is 7.13. The van der Waals surface area contributed by atoms with Crippen molar-refractivity contribution in [3.63, 3.8) is 0 Å². The van der Waals surface area contributed by atoms with E-state index in [0.29, 0.717) is 24.3 Å². The Morgan fingerprint density at radius 2 is 1.89 bits per heavy atom. The number of aliphatic carboxylic acids is 1. The number of carboxylic acid groups (broad SMARTS) is 1. The van der Waals surface area contributed by atoms with Gasteiger partial charge in [-0.2, -0.15) is 0 Å². The SMILES string of the molecule is O=C(O)C1(N=Cc2ccc([N+](=O)[O-])cc2)CN(C2CC2)c2c(cc(F)c(N3CCCC3)c2Cl)C1=O. The number of nitro benzene ring substituents is 1. The van der Waals surface area contributed by atoms with Gasteiger partial charge in [-0.3, -0.25) is 19.9 Å². The molecule has 0 radical (unpaired) electrons. The summed E-state index contributed by atoms with van der Waals surface area (Å²) < 4.78 is 15.3. The summed E-state index contributed by atoms with van der Waals surface area (Å²) in [6.07, 6.45) is 4.63. The molecule has 0 spiro atoms. The molecule has 1 atom stereocenters. The van der Waals surface area contributed by atoms with Crippen molar-refractivity contribution in [1.29, 1.82) is 0 Å². The molecule has 1 aliphatic carbocycles. The number of benzene rings is 2. The molecule has 9 nitrogen and oxygen atoms in total. The van der Waals surface area contributed by atoms with E-state index in [1.807, 2.05) is 4.90 Å². The first-order valence-corrected chi connectivity index (χ1v) is 11.7. The topological polar surface area (TPSA) is 116 Å². The van der Waals surface area contributed by atoms with Crippen LogP contribution in [0.1, 0.15) is 41.6 Å². The summed E-state index contributed by atoms with van der Waals surface area (Å²) in [5, 5.41) is 21.2. The van der Waals surface area contributed by atoms with E-state index in [-0.39, 0.29) is 34.5 Å². The standard InChI is InChI=1S/C24H22ClFN4O5/c25-19-20-17(11-18(26)21(19)28-9-1-2-10-28)22(31)24(23(32)33,13-29(20)15-7-8-15)27-12-14-3-5-16(6-4-14)30(34)35/h3-6,11-12,15H,1-2,7-10,13H2,(H,32,33). The van der Waals surface area contributed by atoms with Crippen molar-refractivity contribution in [2.75, 3.05) is 29.4 Å². The van der Waals surface area contributed by atoms with E-state index in [1.165, 1.54) is 30.5 Å². The lowest BCUT2D eigenvalue weighted by molar-refractivity contribution is -0.384. The molecule has 0 bridgehead atoms. The number of nitrogens with zero attached hydrogens (tertiary/aromatic N) is 4. The number of carbonyl (C=O) groups excluding carboxylic acids is 1. The lowest BCUT2D eigenvalue weighted by atomic mass is 9.83. The van der Waals surface area contributed by atoms with Gasteiger partial charge in [-0.15, -0.1) is 0 Å². The molecule has 35 heavy (non-hydrogen) atoms. The van der Waals surface area contributed by atoms with Crippen LogP contribution < -0.4 is 9.80 Å². The zero-order chi connectivity index (χ0) is 24.9. The monoisotopic (exact) mass is 500 g/mol. The first-order chi connectivity index (χ1) is 16.7. The van der Waals surface area contributed by atoms with E-state index in [0.717, 1.165) is 31.7 Å². The maximum absolute atomic E-state index is 15.3. The first kappa shape index (κ1) is 23.2. The van der Waals surface area contributed by atoms with E-state index >= 15 is 4.39 Å². The van der Waals surface area contributed by atoms with Gasteiger partial charge in [0.25, 0.3) is 5.69 Å². The van der Waals surface area contributed by atoms with Crippen LogP contribution >= 0.6 is 11.6 Å². The Kier molecular flexibility index (Phi) is 5.71. The number of aliphatic imine (C=N–C) groups is 1. The van der Waals surface area contributed by atoms with E-state index in [9.17, 15) is 24.8 Å². The van der Waals surface area contributed by atoms with Gasteiger partial charge in [0, 0.05) is 43.0 Å². The zero-order valence-electron chi connectivity index (χ0n) is 18.6. The number of nitro groups is 1. The van der Waals surface area contributed by atoms with Crippen LogP contribution in [0, 0.1) is 15.9 Å². The van der Waals surface area contributed by atoms with E-state index in [4.69, 9.17) is 11.6 Å². The highest BCUT2D eigenvalue weighted by atomic mass is 35.5. The minimum absolute atomic E-state index is 0.0236. The molecule has 2 fully saturated rings. The number of fused-ring (bicyclic) bond motifs is 1. The second kappa shape index (κ2) is 8.60. The number of carbonyl (C=O) groups is 2. The van der Waals surface area contributed by atoms with Gasteiger partial charge in [0.05, 0.1) is 27.9 Å². The number of carboxylic acids is 1. The molecule has 2 aromatic rings. The molecule has 0 amide bonds. The van der Waals surface area contributed by atoms with Crippen molar-refractivity contribution in [1.82, 2.24) is 0 Å². The van der Waals surface area contributed by atoms with Crippen molar-refractivity contribution < 1.29 is 24.0 Å². The highest BCUT2D eigenvalue weighted by Crippen LogP contribution is 2.49. The number of Topliss-reactive ketones (excluding diaryl/α,β-unsaturated/α-hetero) is 1. The smallest absolute Gasteiger partial charge is 0.341 e. The molecular weight excluding hydrogens is 479 g/mol. The largest absolute Gasteiger partial charge is 0.479 e. The fourth-order valence-electron chi connectivity index (χ4n) is 4.79. The summed E-state index contributed by atoms with van der Waals surface area (Å²) in [5.41, 5.74) is -1.43. The van der Waals surface area contributed by atoms with E-state index < -0.39 is 28.0 Å². The van der Waals surface area contributed by atoms with Gasteiger partial charge in [-0.1, -0.05) is 11.6 Å². The average molecular weight is 501 g/mol. The molecule has 1 saturated heterocycles. The van der Waals surface area contributed by atoms with Crippen LogP contribution in [-0.2, 0) is 4.79 Å². The first-order valence-electron chi connectivity index (χ1n) is 11.3. The van der Waals surface area contributed by atoms with Crippen LogP contribution in [-0.4, -0.2) is 59.2 Å². The Hall–Kier alpha value is -3.53. The third-order valence-electron chi connectivity index (χ3n) is 6.78. The summed E-state index contributed by atoms with van der Waals surface area (Å²) in [6, 6.07) is 6.41. The predicted molar refractivity (Wildman–Crippen MR) is 129 cm³/mol. The molecule has 5 rings (SSSR count). The maximum atomic E-state index is 15.3. The molecule has 0 aromatic heterocycles. The summed E-state index contributed by atoms with van der Waals surface area (Å²) in [4.78, 5) is 44.3. The van der Waals surface area contributed by atoms with Crippen molar-refractivity contribution in [3.05, 3.63) is 62.4 Å². The van der Waals surface area contributed by atoms with Crippen molar-refractivity contribution >= 4 is 46.6 Å². The fraction of sp³-hybridized carbons (Fsp3) is 0.375. The number of hydrogen-bond donors (Lipinski definition) is 1. The van der Waals surface area contributed by atoms with Crippen LogP contribution in [0.3, 0.4) is 0 Å². The highest BCUT2D eigenvalue weighted by Gasteiger charge is 2.55. The second-order valence-electron chi connectivity index (χ2n) is 9.07. The summed E-state index contributed by atoms with van der Waals surface area (Å²) in [6.45, 7) is 1.07. The number of rotatable bonds is 6. The van der Waals surface area contributed by atoms with Crippen LogP contribution in [0.15, 0.2) is 35.3 Å².